The Balaban J connectivity index is 1.60. The molecule has 6 bridgehead atoms. The standard InChI is InChI=1S/C25H28N4O2/c30-14-13-29-12-2-1-3-15-31-23-9-5-8-22(17-23)24-10-11-26-25(28-24)27-18-20-6-4-7-21(16-20)19-29/h1-2,4-11,16-17,30H,3,12-15,18-19H2,(H,26,27,28)/b2-1+. The average Bonchev–Trinajstić information content (AvgIpc) is 2.80. The van der Waals surface area contributed by atoms with E-state index >= 15 is 0 Å². The molecule has 1 aromatic heterocycles. The van der Waals surface area contributed by atoms with E-state index in [1.165, 1.54) is 11.1 Å². The molecular formula is C25H28N4O2. The highest BCUT2D eigenvalue weighted by Crippen LogP contribution is 2.23. The number of benzene rings is 2. The van der Waals surface area contributed by atoms with Crippen LogP contribution in [0.3, 0.4) is 0 Å². The molecule has 2 heterocycles. The molecule has 0 saturated carbocycles. The smallest absolute Gasteiger partial charge is 0.223 e. The maximum Gasteiger partial charge on any atom is 0.223 e. The molecule has 0 fully saturated rings. The molecule has 6 heteroatoms. The van der Waals surface area contributed by atoms with Crippen molar-refractivity contribution < 1.29 is 9.84 Å². The molecule has 160 valence electrons. The molecule has 1 aliphatic heterocycles. The van der Waals surface area contributed by atoms with Crippen molar-refractivity contribution in [2.75, 3.05) is 31.6 Å². The summed E-state index contributed by atoms with van der Waals surface area (Å²) >= 11 is 0. The largest absolute Gasteiger partial charge is 0.493 e. The van der Waals surface area contributed by atoms with Gasteiger partial charge in [0.25, 0.3) is 0 Å². The Hall–Kier alpha value is -3.22. The van der Waals surface area contributed by atoms with Crippen LogP contribution in [0.2, 0.25) is 0 Å². The summed E-state index contributed by atoms with van der Waals surface area (Å²) in [6.45, 7) is 3.60. The van der Waals surface area contributed by atoms with Crippen LogP contribution in [0.1, 0.15) is 17.5 Å². The second-order valence-corrected chi connectivity index (χ2v) is 7.53. The molecule has 0 saturated heterocycles. The highest BCUT2D eigenvalue weighted by molar-refractivity contribution is 5.62. The molecular weight excluding hydrogens is 388 g/mol. The van der Waals surface area contributed by atoms with Crippen LogP contribution in [0.15, 0.2) is 72.9 Å². The lowest BCUT2D eigenvalue weighted by molar-refractivity contribution is 0.203. The number of aliphatic hydroxyl groups excluding tert-OH is 1. The summed E-state index contributed by atoms with van der Waals surface area (Å²) in [5.74, 6) is 1.42. The number of hydrogen-bond acceptors (Lipinski definition) is 6. The fraction of sp³-hybridized carbons (Fsp3) is 0.280. The molecule has 0 amide bonds. The molecule has 6 nitrogen and oxygen atoms in total. The van der Waals surface area contributed by atoms with Crippen molar-refractivity contribution in [1.82, 2.24) is 14.9 Å². The van der Waals surface area contributed by atoms with Crippen molar-refractivity contribution in [3.63, 3.8) is 0 Å². The highest BCUT2D eigenvalue weighted by Gasteiger charge is 2.07. The average molecular weight is 417 g/mol. The Labute approximate surface area is 183 Å². The summed E-state index contributed by atoms with van der Waals surface area (Å²) in [4.78, 5) is 11.3. The van der Waals surface area contributed by atoms with Crippen LogP contribution in [0, 0.1) is 0 Å². The maximum absolute atomic E-state index is 9.44. The van der Waals surface area contributed by atoms with Crippen molar-refractivity contribution in [3.05, 3.63) is 84.1 Å². The van der Waals surface area contributed by atoms with Crippen molar-refractivity contribution in [2.45, 2.75) is 19.5 Å². The number of aliphatic hydroxyl groups is 1. The van der Waals surface area contributed by atoms with Gasteiger partial charge in [-0.25, -0.2) is 9.97 Å². The molecule has 3 aromatic rings. The number of rotatable bonds is 2. The van der Waals surface area contributed by atoms with Crippen molar-refractivity contribution in [2.24, 2.45) is 0 Å². The van der Waals surface area contributed by atoms with Crippen LogP contribution in [-0.2, 0) is 13.1 Å². The third-order valence-electron chi connectivity index (χ3n) is 5.13. The Morgan fingerprint density at radius 3 is 2.87 bits per heavy atom. The van der Waals surface area contributed by atoms with E-state index in [1.807, 2.05) is 30.3 Å². The monoisotopic (exact) mass is 416 g/mol. The van der Waals surface area contributed by atoms with Gasteiger partial charge in [-0.05, 0) is 35.7 Å². The number of fused-ring (bicyclic) bond motifs is 7. The number of β-amino-alcohol motifs (C(OH)–C–C–N with tert-alkyl or cyclic N) is 1. The van der Waals surface area contributed by atoms with Gasteiger partial charge < -0.3 is 15.2 Å². The van der Waals surface area contributed by atoms with Crippen molar-refractivity contribution >= 4 is 5.95 Å². The van der Waals surface area contributed by atoms with Crippen LogP contribution in [0.4, 0.5) is 5.95 Å². The summed E-state index contributed by atoms with van der Waals surface area (Å²) in [7, 11) is 0. The third kappa shape index (κ3) is 6.13. The first-order valence-corrected chi connectivity index (χ1v) is 10.7. The van der Waals surface area contributed by atoms with Gasteiger partial charge in [-0.3, -0.25) is 4.90 Å². The first-order chi connectivity index (χ1) is 15.3. The normalized spacial score (nSPS) is 16.2. The van der Waals surface area contributed by atoms with E-state index in [0.717, 1.165) is 36.5 Å². The van der Waals surface area contributed by atoms with E-state index in [0.29, 0.717) is 25.6 Å². The molecule has 0 aliphatic carbocycles. The van der Waals surface area contributed by atoms with Gasteiger partial charge in [0.1, 0.15) is 5.75 Å². The molecule has 0 atom stereocenters. The second-order valence-electron chi connectivity index (χ2n) is 7.53. The summed E-state index contributed by atoms with van der Waals surface area (Å²) in [5, 5.41) is 12.8. The summed E-state index contributed by atoms with van der Waals surface area (Å²) in [5.41, 5.74) is 4.24. The van der Waals surface area contributed by atoms with E-state index in [2.05, 4.69) is 56.6 Å². The molecule has 4 rings (SSSR count). The number of aromatic nitrogens is 2. The van der Waals surface area contributed by atoms with Gasteiger partial charge in [0.15, 0.2) is 0 Å². The number of nitrogens with zero attached hydrogens (tertiary/aromatic N) is 3. The zero-order valence-corrected chi connectivity index (χ0v) is 17.6. The van der Waals surface area contributed by atoms with Gasteiger partial charge in [0.2, 0.25) is 5.95 Å². The Morgan fingerprint density at radius 2 is 1.94 bits per heavy atom. The van der Waals surface area contributed by atoms with Crippen molar-refractivity contribution in [1.29, 1.82) is 0 Å². The topological polar surface area (TPSA) is 70.5 Å². The predicted molar refractivity (Wildman–Crippen MR) is 123 cm³/mol. The Kier molecular flexibility index (Phi) is 7.26. The van der Waals surface area contributed by atoms with Crippen LogP contribution in [0.25, 0.3) is 11.3 Å². The van der Waals surface area contributed by atoms with Gasteiger partial charge in [-0.1, -0.05) is 48.6 Å². The van der Waals surface area contributed by atoms with Gasteiger partial charge in [-0.2, -0.15) is 0 Å². The fourth-order valence-corrected chi connectivity index (χ4v) is 3.59. The quantitative estimate of drug-likeness (QED) is 0.618. The molecule has 2 N–H and O–H groups in total. The van der Waals surface area contributed by atoms with Gasteiger partial charge >= 0.3 is 0 Å². The number of nitrogens with one attached hydrogen (secondary N) is 1. The van der Waals surface area contributed by atoms with Crippen LogP contribution >= 0.6 is 0 Å². The molecule has 31 heavy (non-hydrogen) atoms. The summed E-state index contributed by atoms with van der Waals surface area (Å²) < 4.78 is 5.93. The SMILES string of the molecule is OCCN1C/C=C/CCOc2cccc(c2)-c2ccnc(n2)NCc2cccc(c2)C1. The van der Waals surface area contributed by atoms with Gasteiger partial charge in [0, 0.05) is 37.9 Å². The lowest BCUT2D eigenvalue weighted by atomic mass is 10.1. The fourth-order valence-electron chi connectivity index (χ4n) is 3.59. The maximum atomic E-state index is 9.44. The second kappa shape index (κ2) is 10.7. The van der Waals surface area contributed by atoms with E-state index in [1.54, 1.807) is 6.20 Å². The van der Waals surface area contributed by atoms with E-state index < -0.39 is 0 Å². The molecule has 2 aromatic carbocycles. The minimum Gasteiger partial charge on any atom is -0.493 e. The highest BCUT2D eigenvalue weighted by atomic mass is 16.5. The molecule has 0 spiro atoms. The summed E-state index contributed by atoms with van der Waals surface area (Å²) in [6.07, 6.45) is 6.89. The molecule has 0 radical (unpaired) electrons. The molecule has 0 unspecified atom stereocenters. The first kappa shape index (κ1) is 21.0. The Morgan fingerprint density at radius 1 is 1.03 bits per heavy atom. The number of ether oxygens (including phenoxy) is 1. The first-order valence-electron chi connectivity index (χ1n) is 10.7. The lowest BCUT2D eigenvalue weighted by Gasteiger charge is -2.20. The lowest BCUT2D eigenvalue weighted by Crippen LogP contribution is -2.26. The van der Waals surface area contributed by atoms with E-state index in [4.69, 9.17) is 4.74 Å². The number of hydrogen-bond donors (Lipinski definition) is 2. The van der Waals surface area contributed by atoms with E-state index in [9.17, 15) is 5.11 Å². The van der Waals surface area contributed by atoms with Crippen LogP contribution < -0.4 is 10.1 Å². The van der Waals surface area contributed by atoms with Gasteiger partial charge in [0.05, 0.1) is 18.9 Å². The van der Waals surface area contributed by atoms with E-state index in [-0.39, 0.29) is 6.61 Å². The zero-order valence-electron chi connectivity index (χ0n) is 17.6. The van der Waals surface area contributed by atoms with Gasteiger partial charge in [-0.15, -0.1) is 0 Å². The number of anilines is 1. The zero-order chi connectivity index (χ0) is 21.3. The molecule has 1 aliphatic rings. The van der Waals surface area contributed by atoms with Crippen molar-refractivity contribution in [3.8, 4) is 17.0 Å². The predicted octanol–water partition coefficient (Wildman–Crippen LogP) is 3.89. The van der Waals surface area contributed by atoms with Crippen LogP contribution in [-0.4, -0.2) is 46.3 Å². The third-order valence-corrected chi connectivity index (χ3v) is 5.13. The Bertz CT molecular complexity index is 1020. The summed E-state index contributed by atoms with van der Waals surface area (Å²) in [6, 6.07) is 18.4. The minimum atomic E-state index is 0.141. The minimum absolute atomic E-state index is 0.141. The van der Waals surface area contributed by atoms with Crippen LogP contribution in [0.5, 0.6) is 5.75 Å².